The number of hydrogen-bond donors (Lipinski definition) is 2. The van der Waals surface area contributed by atoms with Crippen LogP contribution < -0.4 is 16.7 Å². The molecule has 0 bridgehead atoms. The molecule has 0 aromatic heterocycles. The normalized spacial score (nSPS) is 12.8. The van der Waals surface area contributed by atoms with Crippen molar-refractivity contribution in [2.45, 2.75) is 26.1 Å². The minimum Gasteiger partial charge on any atom is -0.399 e. The first-order chi connectivity index (χ1) is 13.8. The number of benzene rings is 4. The van der Waals surface area contributed by atoms with Crippen LogP contribution in [-0.2, 0) is 6.42 Å². The molecule has 0 saturated heterocycles. The van der Waals surface area contributed by atoms with Crippen molar-refractivity contribution in [3.05, 3.63) is 77.9 Å². The van der Waals surface area contributed by atoms with Gasteiger partial charge in [0.15, 0.2) is 0 Å². The molecule has 0 spiro atoms. The summed E-state index contributed by atoms with van der Waals surface area (Å²) < 4.78 is 0. The van der Waals surface area contributed by atoms with E-state index in [0.717, 1.165) is 23.2 Å². The molecular formula is C26H26N2Si. The van der Waals surface area contributed by atoms with Gasteiger partial charge in [-0.15, -0.1) is 0 Å². The molecule has 0 unspecified atom stereocenters. The average molecular weight is 395 g/mol. The van der Waals surface area contributed by atoms with Crippen LogP contribution in [0, 0.1) is 0 Å². The van der Waals surface area contributed by atoms with E-state index in [1.165, 1.54) is 44.0 Å². The first-order valence-electron chi connectivity index (χ1n) is 10.2. The van der Waals surface area contributed by atoms with Crippen molar-refractivity contribution >= 4 is 35.4 Å². The molecule has 0 heterocycles. The first kappa shape index (κ1) is 18.0. The lowest BCUT2D eigenvalue weighted by Gasteiger charge is -2.18. The molecule has 5 rings (SSSR count). The van der Waals surface area contributed by atoms with Crippen LogP contribution in [0.2, 0.25) is 19.6 Å². The summed E-state index contributed by atoms with van der Waals surface area (Å²) in [5.74, 6) is 0. The Morgan fingerprint density at radius 1 is 0.759 bits per heavy atom. The Balaban J connectivity index is 1.80. The third-order valence-corrected chi connectivity index (χ3v) is 8.18. The molecule has 0 amide bonds. The molecule has 0 fully saturated rings. The lowest BCUT2D eigenvalue weighted by molar-refractivity contribution is 1.27. The molecule has 4 aromatic carbocycles. The highest BCUT2D eigenvalue weighted by Crippen LogP contribution is 2.47. The van der Waals surface area contributed by atoms with Gasteiger partial charge in [-0.25, -0.2) is 0 Å². The molecule has 0 radical (unpaired) electrons. The Hall–Kier alpha value is -3.04. The molecule has 1 aliphatic rings. The van der Waals surface area contributed by atoms with Gasteiger partial charge >= 0.3 is 0 Å². The van der Waals surface area contributed by atoms with Crippen LogP contribution in [-0.4, -0.2) is 8.07 Å². The minimum absolute atomic E-state index is 0.816. The third kappa shape index (κ3) is 2.85. The maximum atomic E-state index is 6.50. The SMILES string of the molecule is C[Si](C)(C)c1ccc(-c2cccc3c(N)cc4c(c23)-c2ccc(N)cc2C4)cc1. The van der Waals surface area contributed by atoms with Crippen molar-refractivity contribution in [3.63, 3.8) is 0 Å². The standard InChI is InChI=1S/C26H26N2Si/c1-29(2,3)20-10-7-16(8-11-20)21-5-4-6-23-24(28)15-18-13-17-14-19(27)9-12-22(17)25(18)26(21)23/h4-12,14-15H,13,27-28H2,1-3H3. The monoisotopic (exact) mass is 394 g/mol. The van der Waals surface area contributed by atoms with E-state index in [2.05, 4.69) is 80.3 Å². The number of nitrogen functional groups attached to an aromatic ring is 2. The highest BCUT2D eigenvalue weighted by Gasteiger charge is 2.24. The second-order valence-electron chi connectivity index (χ2n) is 9.15. The number of fused-ring (bicyclic) bond motifs is 5. The fourth-order valence-electron chi connectivity index (χ4n) is 4.61. The van der Waals surface area contributed by atoms with Crippen LogP contribution in [0.4, 0.5) is 11.4 Å². The lowest BCUT2D eigenvalue weighted by Crippen LogP contribution is -2.37. The van der Waals surface area contributed by atoms with Crippen LogP contribution in [0.5, 0.6) is 0 Å². The van der Waals surface area contributed by atoms with Gasteiger partial charge in [-0.1, -0.05) is 73.4 Å². The topological polar surface area (TPSA) is 52.0 Å². The minimum atomic E-state index is -1.32. The van der Waals surface area contributed by atoms with Gasteiger partial charge in [0.1, 0.15) is 0 Å². The molecule has 0 atom stereocenters. The summed E-state index contributed by atoms with van der Waals surface area (Å²) in [4.78, 5) is 0. The van der Waals surface area contributed by atoms with E-state index in [4.69, 9.17) is 11.5 Å². The molecule has 0 aliphatic heterocycles. The molecule has 4 aromatic rings. The van der Waals surface area contributed by atoms with Gasteiger partial charge in [-0.2, -0.15) is 0 Å². The van der Waals surface area contributed by atoms with E-state index in [-0.39, 0.29) is 0 Å². The van der Waals surface area contributed by atoms with E-state index < -0.39 is 8.07 Å². The van der Waals surface area contributed by atoms with Crippen LogP contribution in [0.3, 0.4) is 0 Å². The maximum Gasteiger partial charge on any atom is 0.0775 e. The summed E-state index contributed by atoms with van der Waals surface area (Å²) in [6, 6.07) is 24.1. The van der Waals surface area contributed by atoms with Gasteiger partial charge in [0.25, 0.3) is 0 Å². The fraction of sp³-hybridized carbons (Fsp3) is 0.154. The molecule has 1 aliphatic carbocycles. The van der Waals surface area contributed by atoms with Crippen molar-refractivity contribution in [1.29, 1.82) is 0 Å². The van der Waals surface area contributed by atoms with E-state index in [1.54, 1.807) is 0 Å². The Kier molecular flexibility index (Phi) is 3.87. The second-order valence-corrected chi connectivity index (χ2v) is 14.2. The van der Waals surface area contributed by atoms with Gasteiger partial charge in [-0.3, -0.25) is 0 Å². The second kappa shape index (κ2) is 6.23. The largest absolute Gasteiger partial charge is 0.399 e. The quantitative estimate of drug-likeness (QED) is 0.294. The van der Waals surface area contributed by atoms with E-state index >= 15 is 0 Å². The predicted molar refractivity (Wildman–Crippen MR) is 129 cm³/mol. The molecular weight excluding hydrogens is 368 g/mol. The number of rotatable bonds is 2. The molecule has 0 saturated carbocycles. The van der Waals surface area contributed by atoms with Crippen LogP contribution in [0.15, 0.2) is 66.7 Å². The maximum absolute atomic E-state index is 6.50. The van der Waals surface area contributed by atoms with E-state index in [0.29, 0.717) is 0 Å². The van der Waals surface area contributed by atoms with Crippen molar-refractivity contribution < 1.29 is 0 Å². The first-order valence-corrected chi connectivity index (χ1v) is 13.7. The highest BCUT2D eigenvalue weighted by atomic mass is 28.3. The highest BCUT2D eigenvalue weighted by molar-refractivity contribution is 6.88. The van der Waals surface area contributed by atoms with Crippen molar-refractivity contribution in [1.82, 2.24) is 0 Å². The van der Waals surface area contributed by atoms with Gasteiger partial charge in [-0.05, 0) is 63.4 Å². The third-order valence-electron chi connectivity index (χ3n) is 6.12. The van der Waals surface area contributed by atoms with Gasteiger partial charge in [0, 0.05) is 16.8 Å². The van der Waals surface area contributed by atoms with Gasteiger partial charge < -0.3 is 11.5 Å². The Morgan fingerprint density at radius 3 is 2.24 bits per heavy atom. The summed E-state index contributed by atoms with van der Waals surface area (Å²) in [7, 11) is -1.32. The smallest absolute Gasteiger partial charge is 0.0775 e. The van der Waals surface area contributed by atoms with Gasteiger partial charge in [0.05, 0.1) is 8.07 Å². The van der Waals surface area contributed by atoms with Crippen LogP contribution in [0.25, 0.3) is 33.0 Å². The summed E-state index contributed by atoms with van der Waals surface area (Å²) in [5.41, 5.74) is 21.9. The van der Waals surface area contributed by atoms with E-state index in [1.807, 2.05) is 6.07 Å². The van der Waals surface area contributed by atoms with Crippen LogP contribution in [0.1, 0.15) is 11.1 Å². The zero-order chi connectivity index (χ0) is 20.3. The Labute approximate surface area is 173 Å². The zero-order valence-corrected chi connectivity index (χ0v) is 18.2. The lowest BCUT2D eigenvalue weighted by atomic mass is 9.90. The van der Waals surface area contributed by atoms with Gasteiger partial charge in [0.2, 0.25) is 0 Å². The summed E-state index contributed by atoms with van der Waals surface area (Å²) >= 11 is 0. The Morgan fingerprint density at radius 2 is 1.52 bits per heavy atom. The Bertz CT molecular complexity index is 1260. The molecule has 3 heteroatoms. The predicted octanol–water partition coefficient (Wildman–Crippen LogP) is 5.79. The summed E-state index contributed by atoms with van der Waals surface area (Å²) in [6.45, 7) is 7.16. The number of nitrogens with two attached hydrogens (primary N) is 2. The number of hydrogen-bond acceptors (Lipinski definition) is 2. The molecule has 144 valence electrons. The van der Waals surface area contributed by atoms with Crippen LogP contribution >= 0.6 is 0 Å². The summed E-state index contributed by atoms with van der Waals surface area (Å²) in [6.07, 6.45) is 0.888. The molecule has 4 N–H and O–H groups in total. The zero-order valence-electron chi connectivity index (χ0n) is 17.2. The average Bonchev–Trinajstić information content (AvgIpc) is 3.04. The molecule has 29 heavy (non-hydrogen) atoms. The van der Waals surface area contributed by atoms with E-state index in [9.17, 15) is 0 Å². The van der Waals surface area contributed by atoms with Crippen molar-refractivity contribution in [3.8, 4) is 22.3 Å². The summed E-state index contributed by atoms with van der Waals surface area (Å²) in [5, 5.41) is 3.86. The van der Waals surface area contributed by atoms with Crippen molar-refractivity contribution in [2.75, 3.05) is 11.5 Å². The number of anilines is 2. The fourth-order valence-corrected chi connectivity index (χ4v) is 5.77. The molecule has 2 nitrogen and oxygen atoms in total. The van der Waals surface area contributed by atoms with Crippen molar-refractivity contribution in [2.24, 2.45) is 0 Å².